The van der Waals surface area contributed by atoms with E-state index in [9.17, 15) is 9.18 Å². The van der Waals surface area contributed by atoms with Crippen LogP contribution in [0.4, 0.5) is 10.1 Å². The number of rotatable bonds is 3. The molecule has 0 saturated carbocycles. The van der Waals surface area contributed by atoms with Gasteiger partial charge in [0.05, 0.1) is 18.9 Å². The minimum Gasteiger partial charge on any atom is -0.378 e. The summed E-state index contributed by atoms with van der Waals surface area (Å²) in [5.74, 6) is -0.492. The molecule has 1 atom stereocenters. The first kappa shape index (κ1) is 14.1. The first-order chi connectivity index (χ1) is 9.08. The quantitative estimate of drug-likeness (QED) is 0.926. The van der Waals surface area contributed by atoms with Crippen molar-refractivity contribution >= 4 is 23.2 Å². The molecule has 0 aromatic heterocycles. The highest BCUT2D eigenvalue weighted by Gasteiger charge is 2.22. The maximum absolute atomic E-state index is 13.6. The summed E-state index contributed by atoms with van der Waals surface area (Å²) in [4.78, 5) is 13.9. The van der Waals surface area contributed by atoms with Gasteiger partial charge in [0.15, 0.2) is 0 Å². The number of benzene rings is 1. The summed E-state index contributed by atoms with van der Waals surface area (Å²) < 4.78 is 18.8. The summed E-state index contributed by atoms with van der Waals surface area (Å²) in [6, 6.07) is 3.71. The Morgan fingerprint density at radius 1 is 1.47 bits per heavy atom. The number of ether oxygens (including phenoxy) is 1. The maximum atomic E-state index is 13.6. The Labute approximate surface area is 116 Å². The van der Waals surface area contributed by atoms with Gasteiger partial charge in [-0.1, -0.05) is 11.6 Å². The van der Waals surface area contributed by atoms with Gasteiger partial charge in [-0.15, -0.1) is 0 Å². The molecule has 1 aliphatic rings. The summed E-state index contributed by atoms with van der Waals surface area (Å²) in [6.45, 7) is 3.94. The van der Waals surface area contributed by atoms with Crippen LogP contribution in [0.5, 0.6) is 0 Å². The molecule has 1 heterocycles. The molecule has 4 nitrogen and oxygen atoms in total. The maximum Gasteiger partial charge on any atom is 0.244 e. The molecule has 0 radical (unpaired) electrons. The number of morpholine rings is 1. The predicted molar refractivity (Wildman–Crippen MR) is 71.9 cm³/mol. The standard InChI is InChI=1S/C13H16ClFN2O2/c1-9(13(18)17-4-6-19-7-5-17)16-12-8-10(14)2-3-11(12)15/h2-3,8-9,16H,4-7H2,1H3. The van der Waals surface area contributed by atoms with Crippen molar-refractivity contribution in [2.45, 2.75) is 13.0 Å². The number of halogens is 2. The van der Waals surface area contributed by atoms with Gasteiger partial charge in [-0.2, -0.15) is 0 Å². The number of carbonyl (C=O) groups excluding carboxylic acids is 1. The number of anilines is 1. The Kier molecular flexibility index (Phi) is 4.61. The molecule has 0 aliphatic carbocycles. The fourth-order valence-corrected chi connectivity index (χ4v) is 2.13. The number of carbonyl (C=O) groups is 1. The molecule has 1 unspecified atom stereocenters. The van der Waals surface area contributed by atoms with E-state index in [0.29, 0.717) is 31.3 Å². The number of amides is 1. The molecule has 1 aromatic rings. The van der Waals surface area contributed by atoms with Gasteiger partial charge in [-0.05, 0) is 25.1 Å². The van der Waals surface area contributed by atoms with E-state index in [1.54, 1.807) is 11.8 Å². The minimum absolute atomic E-state index is 0.0670. The minimum atomic E-state index is -0.508. The Morgan fingerprint density at radius 3 is 2.84 bits per heavy atom. The number of nitrogens with one attached hydrogen (secondary N) is 1. The fraction of sp³-hybridized carbons (Fsp3) is 0.462. The summed E-state index contributed by atoms with van der Waals surface area (Å²) in [7, 11) is 0. The summed E-state index contributed by atoms with van der Waals surface area (Å²) in [5.41, 5.74) is 0.238. The van der Waals surface area contributed by atoms with E-state index >= 15 is 0 Å². The predicted octanol–water partition coefficient (Wildman–Crippen LogP) is 2.14. The second-order valence-corrected chi connectivity index (χ2v) is 4.86. The molecule has 1 N–H and O–H groups in total. The van der Waals surface area contributed by atoms with Crippen LogP contribution in [0.2, 0.25) is 5.02 Å². The van der Waals surface area contributed by atoms with Gasteiger partial charge in [0, 0.05) is 18.1 Å². The van der Waals surface area contributed by atoms with E-state index in [-0.39, 0.29) is 11.6 Å². The van der Waals surface area contributed by atoms with Gasteiger partial charge < -0.3 is 15.0 Å². The molecule has 1 amide bonds. The van der Waals surface area contributed by atoms with Crippen molar-refractivity contribution in [3.05, 3.63) is 29.0 Å². The number of hydrogen-bond acceptors (Lipinski definition) is 3. The van der Waals surface area contributed by atoms with Gasteiger partial charge in [-0.25, -0.2) is 4.39 Å². The number of hydrogen-bond donors (Lipinski definition) is 1. The number of nitrogens with zero attached hydrogens (tertiary/aromatic N) is 1. The van der Waals surface area contributed by atoms with Crippen LogP contribution in [-0.2, 0) is 9.53 Å². The third kappa shape index (κ3) is 3.58. The first-order valence-corrected chi connectivity index (χ1v) is 6.54. The van der Waals surface area contributed by atoms with Crippen LogP contribution >= 0.6 is 11.6 Å². The Morgan fingerprint density at radius 2 is 2.16 bits per heavy atom. The largest absolute Gasteiger partial charge is 0.378 e. The third-order valence-corrected chi connectivity index (χ3v) is 3.23. The summed E-state index contributed by atoms with van der Waals surface area (Å²) >= 11 is 5.81. The molecule has 0 spiro atoms. The Balaban J connectivity index is 2.01. The van der Waals surface area contributed by atoms with E-state index in [2.05, 4.69) is 5.32 Å². The zero-order chi connectivity index (χ0) is 13.8. The van der Waals surface area contributed by atoms with Crippen LogP contribution in [0.15, 0.2) is 18.2 Å². The molecule has 1 saturated heterocycles. The van der Waals surface area contributed by atoms with Crippen LogP contribution in [-0.4, -0.2) is 43.2 Å². The topological polar surface area (TPSA) is 41.6 Å². The third-order valence-electron chi connectivity index (χ3n) is 2.99. The van der Waals surface area contributed by atoms with Crippen LogP contribution in [0.25, 0.3) is 0 Å². The zero-order valence-electron chi connectivity index (χ0n) is 10.7. The summed E-state index contributed by atoms with van der Waals surface area (Å²) in [6.07, 6.45) is 0. The molecule has 6 heteroatoms. The molecule has 19 heavy (non-hydrogen) atoms. The summed E-state index contributed by atoms with van der Waals surface area (Å²) in [5, 5.41) is 3.28. The van der Waals surface area contributed by atoms with Crippen LogP contribution in [0.3, 0.4) is 0 Å². The molecular formula is C13H16ClFN2O2. The van der Waals surface area contributed by atoms with E-state index in [1.807, 2.05) is 0 Å². The average Bonchev–Trinajstić information content (AvgIpc) is 2.43. The molecule has 1 aromatic carbocycles. The van der Waals surface area contributed by atoms with Gasteiger partial charge >= 0.3 is 0 Å². The van der Waals surface area contributed by atoms with Crippen LogP contribution in [0.1, 0.15) is 6.92 Å². The monoisotopic (exact) mass is 286 g/mol. The lowest BCUT2D eigenvalue weighted by Gasteiger charge is -2.29. The van der Waals surface area contributed by atoms with E-state index in [4.69, 9.17) is 16.3 Å². The van der Waals surface area contributed by atoms with E-state index < -0.39 is 11.9 Å². The van der Waals surface area contributed by atoms with Gasteiger partial charge in [0.25, 0.3) is 0 Å². The van der Waals surface area contributed by atoms with Crippen molar-refractivity contribution < 1.29 is 13.9 Å². The lowest BCUT2D eigenvalue weighted by molar-refractivity contribution is -0.135. The molecule has 1 aliphatic heterocycles. The van der Waals surface area contributed by atoms with Crippen molar-refractivity contribution in [2.75, 3.05) is 31.6 Å². The smallest absolute Gasteiger partial charge is 0.244 e. The van der Waals surface area contributed by atoms with Crippen molar-refractivity contribution in [1.82, 2.24) is 4.90 Å². The molecular weight excluding hydrogens is 271 g/mol. The van der Waals surface area contributed by atoms with Crippen LogP contribution < -0.4 is 5.32 Å². The molecule has 104 valence electrons. The zero-order valence-corrected chi connectivity index (χ0v) is 11.4. The highest BCUT2D eigenvalue weighted by atomic mass is 35.5. The normalized spacial score (nSPS) is 17.1. The Bertz CT molecular complexity index is 464. The molecule has 1 fully saturated rings. The SMILES string of the molecule is CC(Nc1cc(Cl)ccc1F)C(=O)N1CCOCC1. The van der Waals surface area contributed by atoms with Gasteiger partial charge in [-0.3, -0.25) is 4.79 Å². The first-order valence-electron chi connectivity index (χ1n) is 6.16. The van der Waals surface area contributed by atoms with E-state index in [1.165, 1.54) is 18.2 Å². The highest BCUT2D eigenvalue weighted by molar-refractivity contribution is 6.30. The second-order valence-electron chi connectivity index (χ2n) is 4.43. The second kappa shape index (κ2) is 6.21. The lowest BCUT2D eigenvalue weighted by atomic mass is 10.2. The highest BCUT2D eigenvalue weighted by Crippen LogP contribution is 2.20. The van der Waals surface area contributed by atoms with Crippen LogP contribution in [0, 0.1) is 5.82 Å². The van der Waals surface area contributed by atoms with Crippen molar-refractivity contribution in [3.8, 4) is 0 Å². The fourth-order valence-electron chi connectivity index (χ4n) is 1.96. The van der Waals surface area contributed by atoms with Gasteiger partial charge in [0.1, 0.15) is 11.9 Å². The molecule has 0 bridgehead atoms. The Hall–Kier alpha value is -1.33. The van der Waals surface area contributed by atoms with Crippen molar-refractivity contribution in [3.63, 3.8) is 0 Å². The van der Waals surface area contributed by atoms with E-state index in [0.717, 1.165) is 0 Å². The molecule has 2 rings (SSSR count). The lowest BCUT2D eigenvalue weighted by Crippen LogP contribution is -2.47. The van der Waals surface area contributed by atoms with Crippen molar-refractivity contribution in [1.29, 1.82) is 0 Å². The van der Waals surface area contributed by atoms with Crippen molar-refractivity contribution in [2.24, 2.45) is 0 Å². The van der Waals surface area contributed by atoms with Gasteiger partial charge in [0.2, 0.25) is 5.91 Å². The average molecular weight is 287 g/mol.